The number of nitrogens with zero attached hydrogens (tertiary/aromatic N) is 1. The third-order valence-electron chi connectivity index (χ3n) is 2.59. The van der Waals surface area contributed by atoms with E-state index < -0.39 is 11.8 Å². The van der Waals surface area contributed by atoms with Crippen LogP contribution in [-0.2, 0) is 4.74 Å². The van der Waals surface area contributed by atoms with Crippen LogP contribution in [0, 0.1) is 12.7 Å². The number of rotatable bonds is 3. The first-order chi connectivity index (χ1) is 9.45. The van der Waals surface area contributed by atoms with E-state index in [4.69, 9.17) is 32.5 Å². The topological polar surface area (TPSA) is 52.3 Å². The molecule has 0 saturated heterocycles. The van der Waals surface area contributed by atoms with E-state index in [-0.39, 0.29) is 39.2 Å². The van der Waals surface area contributed by atoms with E-state index in [9.17, 15) is 9.18 Å². The molecule has 2 aromatic rings. The Hall–Kier alpha value is -1.59. The highest BCUT2D eigenvalue weighted by Crippen LogP contribution is 2.37. The summed E-state index contributed by atoms with van der Waals surface area (Å²) < 4.78 is 23.1. The van der Waals surface area contributed by atoms with Gasteiger partial charge in [0.05, 0.1) is 16.7 Å². The average molecular weight is 318 g/mol. The molecule has 0 aliphatic rings. The number of hydrogen-bond acceptors (Lipinski definition) is 4. The van der Waals surface area contributed by atoms with Gasteiger partial charge in [-0.2, -0.15) is 0 Å². The molecule has 2 rings (SSSR count). The molecule has 0 N–H and O–H groups in total. The van der Waals surface area contributed by atoms with Gasteiger partial charge in [0, 0.05) is 5.56 Å². The summed E-state index contributed by atoms with van der Waals surface area (Å²) >= 11 is 11.9. The first kappa shape index (κ1) is 14.8. The molecule has 0 aliphatic heterocycles. The van der Waals surface area contributed by atoms with E-state index in [0.717, 1.165) is 12.1 Å². The van der Waals surface area contributed by atoms with Crippen LogP contribution < -0.4 is 0 Å². The lowest BCUT2D eigenvalue weighted by Gasteiger charge is -2.06. The van der Waals surface area contributed by atoms with Crippen LogP contribution in [-0.4, -0.2) is 17.7 Å². The van der Waals surface area contributed by atoms with Crippen LogP contribution in [0.2, 0.25) is 10.0 Å². The highest BCUT2D eigenvalue weighted by Gasteiger charge is 2.26. The summed E-state index contributed by atoms with van der Waals surface area (Å²) in [7, 11) is 0. The number of esters is 1. The van der Waals surface area contributed by atoms with Crippen LogP contribution >= 0.6 is 23.2 Å². The molecule has 1 aromatic carbocycles. The molecule has 0 bridgehead atoms. The Morgan fingerprint density at radius 3 is 2.55 bits per heavy atom. The predicted molar refractivity (Wildman–Crippen MR) is 72.6 cm³/mol. The van der Waals surface area contributed by atoms with Gasteiger partial charge in [-0.05, 0) is 26.0 Å². The average Bonchev–Trinajstić information content (AvgIpc) is 2.70. The summed E-state index contributed by atoms with van der Waals surface area (Å²) in [6.07, 6.45) is 0. The Bertz CT molecular complexity index is 647. The number of aromatic nitrogens is 1. The van der Waals surface area contributed by atoms with Crippen LogP contribution in [0.25, 0.3) is 11.3 Å². The first-order valence-corrected chi connectivity index (χ1v) is 6.49. The monoisotopic (exact) mass is 317 g/mol. The van der Waals surface area contributed by atoms with Crippen molar-refractivity contribution in [2.24, 2.45) is 0 Å². The van der Waals surface area contributed by atoms with Gasteiger partial charge in [-0.15, -0.1) is 0 Å². The van der Waals surface area contributed by atoms with Crippen molar-refractivity contribution in [2.45, 2.75) is 13.8 Å². The summed E-state index contributed by atoms with van der Waals surface area (Å²) in [5.41, 5.74) is 0.493. The van der Waals surface area contributed by atoms with Crippen LogP contribution in [0.1, 0.15) is 23.0 Å². The Kier molecular flexibility index (Phi) is 4.30. The van der Waals surface area contributed by atoms with E-state index in [1.54, 1.807) is 13.8 Å². The molecule has 0 amide bonds. The molecule has 0 aliphatic carbocycles. The van der Waals surface area contributed by atoms with Gasteiger partial charge >= 0.3 is 5.97 Å². The predicted octanol–water partition coefficient (Wildman–Crippen LogP) is 4.27. The van der Waals surface area contributed by atoms with Crippen molar-refractivity contribution < 1.29 is 18.4 Å². The summed E-state index contributed by atoms with van der Waals surface area (Å²) in [6, 6.07) is 2.17. The van der Waals surface area contributed by atoms with E-state index in [1.165, 1.54) is 0 Å². The van der Waals surface area contributed by atoms with Gasteiger partial charge in [-0.25, -0.2) is 9.18 Å². The molecule has 7 heteroatoms. The second kappa shape index (κ2) is 5.81. The molecule has 0 spiro atoms. The van der Waals surface area contributed by atoms with Gasteiger partial charge in [0.1, 0.15) is 22.8 Å². The quantitative estimate of drug-likeness (QED) is 0.793. The number of benzene rings is 1. The molecule has 0 saturated carbocycles. The number of carbonyl (C=O) groups is 1. The smallest absolute Gasteiger partial charge is 0.344 e. The molecule has 4 nitrogen and oxygen atoms in total. The zero-order valence-electron chi connectivity index (χ0n) is 10.7. The second-order valence-electron chi connectivity index (χ2n) is 3.93. The molecule has 20 heavy (non-hydrogen) atoms. The van der Waals surface area contributed by atoms with Crippen molar-refractivity contribution in [1.82, 2.24) is 5.16 Å². The molecule has 0 radical (unpaired) electrons. The lowest BCUT2D eigenvalue weighted by atomic mass is 10.1. The maximum absolute atomic E-state index is 13.2. The molecular weight excluding hydrogens is 308 g/mol. The Labute approximate surface area is 124 Å². The highest BCUT2D eigenvalue weighted by atomic mass is 35.5. The Morgan fingerprint density at radius 1 is 1.40 bits per heavy atom. The van der Waals surface area contributed by atoms with E-state index in [2.05, 4.69) is 5.16 Å². The van der Waals surface area contributed by atoms with Gasteiger partial charge in [0.2, 0.25) is 0 Å². The molecular formula is C13H10Cl2FNO3. The van der Waals surface area contributed by atoms with Gasteiger partial charge in [-0.1, -0.05) is 28.4 Å². The SMILES string of the molecule is CCOC(=O)c1c(-c2c(Cl)cc(F)cc2Cl)noc1C. The Balaban J connectivity index is 2.63. The fourth-order valence-corrected chi connectivity index (χ4v) is 2.39. The number of aryl methyl sites for hydroxylation is 1. The molecule has 0 atom stereocenters. The summed E-state index contributed by atoms with van der Waals surface area (Å²) in [5, 5.41) is 3.85. The zero-order chi connectivity index (χ0) is 14.9. The van der Waals surface area contributed by atoms with Crippen molar-refractivity contribution in [3.05, 3.63) is 39.3 Å². The minimum Gasteiger partial charge on any atom is -0.462 e. The fourth-order valence-electron chi connectivity index (χ4n) is 1.75. The zero-order valence-corrected chi connectivity index (χ0v) is 12.2. The van der Waals surface area contributed by atoms with Crippen LogP contribution in [0.3, 0.4) is 0 Å². The number of halogens is 3. The number of carbonyl (C=O) groups excluding carboxylic acids is 1. The Morgan fingerprint density at radius 2 is 2.00 bits per heavy atom. The molecule has 106 valence electrons. The van der Waals surface area contributed by atoms with Crippen molar-refractivity contribution in [3.8, 4) is 11.3 Å². The van der Waals surface area contributed by atoms with Crippen LogP contribution in [0.4, 0.5) is 4.39 Å². The molecule has 1 heterocycles. The first-order valence-electron chi connectivity index (χ1n) is 5.74. The van der Waals surface area contributed by atoms with E-state index in [1.807, 2.05) is 0 Å². The number of ether oxygens (including phenoxy) is 1. The lowest BCUT2D eigenvalue weighted by Crippen LogP contribution is -2.07. The third kappa shape index (κ3) is 2.64. The summed E-state index contributed by atoms with van der Waals surface area (Å²) in [4.78, 5) is 11.9. The third-order valence-corrected chi connectivity index (χ3v) is 3.18. The minimum atomic E-state index is -0.599. The highest BCUT2D eigenvalue weighted by molar-refractivity contribution is 6.39. The standard InChI is InChI=1S/C13H10Cl2FNO3/c1-3-19-13(18)10-6(2)20-17-12(10)11-8(14)4-7(16)5-9(11)15/h4-5H,3H2,1-2H3. The van der Waals surface area contributed by atoms with Gasteiger partial charge in [-0.3, -0.25) is 0 Å². The second-order valence-corrected chi connectivity index (χ2v) is 4.74. The van der Waals surface area contributed by atoms with Crippen LogP contribution in [0.15, 0.2) is 16.7 Å². The molecule has 0 fully saturated rings. The maximum Gasteiger partial charge on any atom is 0.344 e. The summed E-state index contributed by atoms with van der Waals surface area (Å²) in [5.74, 6) is -0.908. The largest absolute Gasteiger partial charge is 0.462 e. The fraction of sp³-hybridized carbons (Fsp3) is 0.231. The van der Waals surface area contributed by atoms with Crippen molar-refractivity contribution >= 4 is 29.2 Å². The molecule has 1 aromatic heterocycles. The van der Waals surface area contributed by atoms with Gasteiger partial charge in [0.15, 0.2) is 0 Å². The maximum atomic E-state index is 13.2. The summed E-state index contributed by atoms with van der Waals surface area (Å²) in [6.45, 7) is 3.44. The number of hydrogen-bond donors (Lipinski definition) is 0. The van der Waals surface area contributed by atoms with Crippen molar-refractivity contribution in [3.63, 3.8) is 0 Å². The van der Waals surface area contributed by atoms with E-state index >= 15 is 0 Å². The van der Waals surface area contributed by atoms with Gasteiger partial charge < -0.3 is 9.26 Å². The van der Waals surface area contributed by atoms with Crippen LogP contribution in [0.5, 0.6) is 0 Å². The van der Waals surface area contributed by atoms with E-state index in [0.29, 0.717) is 0 Å². The van der Waals surface area contributed by atoms with Gasteiger partial charge in [0.25, 0.3) is 0 Å². The van der Waals surface area contributed by atoms with Crippen molar-refractivity contribution in [1.29, 1.82) is 0 Å². The minimum absolute atomic E-state index is 0.0360. The molecule has 0 unspecified atom stereocenters. The normalized spacial score (nSPS) is 10.7. The lowest BCUT2D eigenvalue weighted by molar-refractivity contribution is 0.0525. The van der Waals surface area contributed by atoms with Crippen molar-refractivity contribution in [2.75, 3.05) is 6.61 Å².